The standard InChI is InChI=1S/C21H42N9P.C2H6/c22-12-20(27-11-18-1-3-19(24)4-2-18)14-26-5-6-30(25)17-21(31,13-23)16-29-9-7-28(15-20)8-10-29;1-2/h1-4,26-27H,5-17,22-25,31H2;1-2H3. The highest BCUT2D eigenvalue weighted by Crippen LogP contribution is 2.21. The Morgan fingerprint density at radius 1 is 0.939 bits per heavy atom. The molecule has 0 spiro atoms. The number of rotatable bonds is 5. The van der Waals surface area contributed by atoms with Gasteiger partial charge in [0, 0.05) is 95.9 Å². The van der Waals surface area contributed by atoms with E-state index < -0.39 is 0 Å². The Labute approximate surface area is 203 Å². The van der Waals surface area contributed by atoms with Crippen LogP contribution in [0.1, 0.15) is 19.4 Å². The van der Waals surface area contributed by atoms with Gasteiger partial charge in [-0.15, -0.1) is 9.24 Å². The number of nitrogens with zero attached hydrogens (tertiary/aromatic N) is 3. The van der Waals surface area contributed by atoms with Crippen LogP contribution in [-0.4, -0.2) is 104 Å². The van der Waals surface area contributed by atoms with Crippen molar-refractivity contribution in [2.45, 2.75) is 31.1 Å². The molecule has 4 rings (SSSR count). The molecule has 3 aliphatic rings. The smallest absolute Gasteiger partial charge is 0.0561 e. The minimum Gasteiger partial charge on any atom is -0.399 e. The first-order valence-corrected chi connectivity index (χ1v) is 12.9. The van der Waals surface area contributed by atoms with Crippen molar-refractivity contribution in [3.05, 3.63) is 29.8 Å². The molecule has 0 radical (unpaired) electrons. The van der Waals surface area contributed by atoms with Crippen LogP contribution in [-0.2, 0) is 6.54 Å². The number of nitrogens with two attached hydrogens (primary N) is 4. The Balaban J connectivity index is 0.00000187. The van der Waals surface area contributed by atoms with Crippen molar-refractivity contribution in [1.82, 2.24) is 25.4 Å². The lowest BCUT2D eigenvalue weighted by molar-refractivity contribution is 0.0864. The summed E-state index contributed by atoms with van der Waals surface area (Å²) in [5, 5.41) is 9.18. The van der Waals surface area contributed by atoms with E-state index in [2.05, 4.69) is 41.8 Å². The molecule has 0 saturated carbocycles. The second-order valence-electron chi connectivity index (χ2n) is 9.35. The molecule has 190 valence electrons. The van der Waals surface area contributed by atoms with Crippen molar-refractivity contribution in [3.8, 4) is 0 Å². The van der Waals surface area contributed by atoms with Crippen LogP contribution >= 0.6 is 9.24 Å². The summed E-state index contributed by atoms with van der Waals surface area (Å²) in [6.45, 7) is 15.0. The third-order valence-corrected chi connectivity index (χ3v) is 7.13. The van der Waals surface area contributed by atoms with E-state index >= 15 is 0 Å². The highest BCUT2D eigenvalue weighted by molar-refractivity contribution is 7.19. The van der Waals surface area contributed by atoms with Gasteiger partial charge in [-0.2, -0.15) is 0 Å². The van der Waals surface area contributed by atoms with Crippen LogP contribution in [0.3, 0.4) is 0 Å². The molecule has 10 heteroatoms. The van der Waals surface area contributed by atoms with Gasteiger partial charge in [0.25, 0.3) is 0 Å². The maximum absolute atomic E-state index is 6.36. The number of hydrogen-bond acceptors (Lipinski definition) is 9. The average molecular weight is 482 g/mol. The summed E-state index contributed by atoms with van der Waals surface area (Å²) in [5.74, 6) is 6.33. The van der Waals surface area contributed by atoms with E-state index in [0.717, 1.165) is 77.7 Å². The first kappa shape index (κ1) is 28.4. The molecule has 33 heavy (non-hydrogen) atoms. The third-order valence-electron chi connectivity index (χ3n) is 6.53. The lowest BCUT2D eigenvalue weighted by Gasteiger charge is -2.45. The van der Waals surface area contributed by atoms with Crippen molar-refractivity contribution in [2.75, 3.05) is 84.3 Å². The second-order valence-corrected chi connectivity index (χ2v) is 10.6. The molecule has 3 heterocycles. The van der Waals surface area contributed by atoms with Crippen LogP contribution in [0.25, 0.3) is 0 Å². The number of benzene rings is 1. The first-order chi connectivity index (χ1) is 15.9. The summed E-state index contributed by atoms with van der Waals surface area (Å²) in [7, 11) is 2.97. The summed E-state index contributed by atoms with van der Waals surface area (Å²) < 4.78 is 0. The van der Waals surface area contributed by atoms with Crippen molar-refractivity contribution in [2.24, 2.45) is 17.3 Å². The Morgan fingerprint density at radius 2 is 1.55 bits per heavy atom. The van der Waals surface area contributed by atoms with Crippen LogP contribution in [0.5, 0.6) is 0 Å². The quantitative estimate of drug-likeness (QED) is 0.179. The highest BCUT2D eigenvalue weighted by Gasteiger charge is 2.34. The molecule has 0 aliphatic carbocycles. The maximum atomic E-state index is 6.36. The van der Waals surface area contributed by atoms with Gasteiger partial charge in [-0.3, -0.25) is 15.6 Å². The molecule has 0 aromatic heterocycles. The average Bonchev–Trinajstić information content (AvgIpc) is 2.83. The zero-order valence-corrected chi connectivity index (χ0v) is 21.9. The van der Waals surface area contributed by atoms with Crippen molar-refractivity contribution < 1.29 is 0 Å². The van der Waals surface area contributed by atoms with E-state index in [1.807, 2.05) is 31.0 Å². The molecular weight excluding hydrogens is 433 g/mol. The molecule has 9 nitrogen and oxygen atoms in total. The lowest BCUT2D eigenvalue weighted by Crippen LogP contribution is -2.66. The molecule has 0 amide bonds. The van der Waals surface area contributed by atoms with Gasteiger partial charge in [0.1, 0.15) is 0 Å². The van der Waals surface area contributed by atoms with Crippen LogP contribution in [0.4, 0.5) is 5.69 Å². The van der Waals surface area contributed by atoms with E-state index in [1.165, 1.54) is 5.56 Å². The fourth-order valence-corrected chi connectivity index (χ4v) is 4.99. The Bertz CT molecular complexity index is 668. The minimum absolute atomic E-state index is 0.0807. The summed E-state index contributed by atoms with van der Waals surface area (Å²) in [6.07, 6.45) is 0. The van der Waals surface area contributed by atoms with E-state index in [1.54, 1.807) is 0 Å². The highest BCUT2D eigenvalue weighted by atomic mass is 31.0. The van der Waals surface area contributed by atoms with E-state index in [4.69, 9.17) is 23.0 Å². The Morgan fingerprint density at radius 3 is 2.12 bits per heavy atom. The summed E-state index contributed by atoms with van der Waals surface area (Å²) in [6, 6.07) is 8.03. The summed E-state index contributed by atoms with van der Waals surface area (Å²) in [4.78, 5) is 5.05. The van der Waals surface area contributed by atoms with E-state index in [-0.39, 0.29) is 10.7 Å². The molecule has 3 saturated heterocycles. The first-order valence-electron chi connectivity index (χ1n) is 12.3. The van der Waals surface area contributed by atoms with Crippen LogP contribution in [0, 0.1) is 0 Å². The van der Waals surface area contributed by atoms with Crippen LogP contribution in [0.2, 0.25) is 0 Å². The predicted octanol–water partition coefficient (Wildman–Crippen LogP) is -0.949. The van der Waals surface area contributed by atoms with Gasteiger partial charge >= 0.3 is 0 Å². The molecule has 1 aromatic carbocycles. The van der Waals surface area contributed by atoms with Crippen LogP contribution in [0.15, 0.2) is 24.3 Å². The number of hydrogen-bond donors (Lipinski definition) is 6. The van der Waals surface area contributed by atoms with Gasteiger partial charge in [0.15, 0.2) is 0 Å². The molecule has 3 fully saturated rings. The van der Waals surface area contributed by atoms with Gasteiger partial charge in [0.05, 0.1) is 5.54 Å². The zero-order valence-electron chi connectivity index (χ0n) is 20.7. The van der Waals surface area contributed by atoms with E-state index in [0.29, 0.717) is 13.1 Å². The number of fused-ring (bicyclic) bond motifs is 11. The van der Waals surface area contributed by atoms with Crippen molar-refractivity contribution in [3.63, 3.8) is 0 Å². The third kappa shape index (κ3) is 9.02. The minimum atomic E-state index is -0.214. The van der Waals surface area contributed by atoms with E-state index in [9.17, 15) is 0 Å². The van der Waals surface area contributed by atoms with Gasteiger partial charge < -0.3 is 27.8 Å². The van der Waals surface area contributed by atoms with Crippen LogP contribution < -0.4 is 33.7 Å². The SMILES string of the molecule is CC.NCC1(P)CN(N)CCNCC(CN)(NCc2ccc(N)cc2)CN2CCN(CC2)C1. The molecule has 2 bridgehead atoms. The monoisotopic (exact) mass is 481 g/mol. The topological polar surface area (TPSA) is 138 Å². The van der Waals surface area contributed by atoms with Gasteiger partial charge in [-0.05, 0) is 17.7 Å². The normalized spacial score (nSPS) is 31.9. The number of nitrogen functional groups attached to an aromatic ring is 1. The molecule has 1 aromatic rings. The van der Waals surface area contributed by atoms with Gasteiger partial charge in [-0.1, -0.05) is 26.0 Å². The molecule has 3 atom stereocenters. The number of hydrazine groups is 1. The fourth-order valence-electron chi connectivity index (χ4n) is 4.50. The predicted molar refractivity (Wildman–Crippen MR) is 144 cm³/mol. The fraction of sp³-hybridized carbons (Fsp3) is 0.739. The molecule has 3 unspecified atom stereocenters. The number of nitrogens with one attached hydrogen (secondary N) is 2. The van der Waals surface area contributed by atoms with Crippen molar-refractivity contribution in [1.29, 1.82) is 0 Å². The van der Waals surface area contributed by atoms with Gasteiger partial charge in [-0.25, -0.2) is 5.01 Å². The Kier molecular flexibility index (Phi) is 11.9. The molecule has 3 aliphatic heterocycles. The molecule has 10 N–H and O–H groups in total. The Hall–Kier alpha value is -0.870. The largest absolute Gasteiger partial charge is 0.399 e. The number of piperazine rings is 1. The second kappa shape index (κ2) is 13.9. The zero-order chi connectivity index (χ0) is 24.3. The van der Waals surface area contributed by atoms with Crippen molar-refractivity contribution >= 4 is 14.9 Å². The molecular formula is C23H48N9P. The maximum Gasteiger partial charge on any atom is 0.0561 e. The number of anilines is 1. The summed E-state index contributed by atoms with van der Waals surface area (Å²) >= 11 is 0. The summed E-state index contributed by atoms with van der Waals surface area (Å²) in [5.41, 5.74) is 20.1. The van der Waals surface area contributed by atoms with Gasteiger partial charge in [0.2, 0.25) is 0 Å². The lowest BCUT2D eigenvalue weighted by atomic mass is 9.97.